The van der Waals surface area contributed by atoms with Crippen LogP contribution in [0.3, 0.4) is 0 Å². The number of carbonyl (C=O) groups excluding carboxylic acids is 1. The second-order valence-electron chi connectivity index (χ2n) is 4.75. The number of amides is 1. The molecule has 0 spiro atoms. The number of nitrogens with zero attached hydrogens (tertiary/aromatic N) is 1. The van der Waals surface area contributed by atoms with Gasteiger partial charge in [0, 0.05) is 16.0 Å². The molecule has 0 bridgehead atoms. The van der Waals surface area contributed by atoms with E-state index in [1.54, 1.807) is 0 Å². The normalized spacial score (nSPS) is 18.1. The average molecular weight is 373 g/mol. The van der Waals surface area contributed by atoms with Gasteiger partial charge in [0.05, 0.1) is 16.2 Å². The fraction of sp³-hybridized carbons (Fsp3) is 0.429. The minimum Gasteiger partial charge on any atom is -0.273 e. The van der Waals surface area contributed by atoms with E-state index >= 15 is 0 Å². The first-order chi connectivity index (χ1) is 9.48. The predicted octanol–water partition coefficient (Wildman–Crippen LogP) is 3.88. The third kappa shape index (κ3) is 4.53. The average Bonchev–Trinajstić information content (AvgIpc) is 2.83. The maximum absolute atomic E-state index is 11.9. The van der Waals surface area contributed by atoms with Crippen molar-refractivity contribution < 1.29 is 4.79 Å². The van der Waals surface area contributed by atoms with E-state index in [2.05, 4.69) is 33.4 Å². The quantitative estimate of drug-likeness (QED) is 0.643. The van der Waals surface area contributed by atoms with Crippen molar-refractivity contribution in [3.05, 3.63) is 34.3 Å². The van der Waals surface area contributed by atoms with E-state index < -0.39 is 0 Å². The van der Waals surface area contributed by atoms with E-state index in [9.17, 15) is 4.79 Å². The fourth-order valence-corrected chi connectivity index (χ4v) is 4.99. The highest BCUT2D eigenvalue weighted by molar-refractivity contribution is 9.10. The van der Waals surface area contributed by atoms with Gasteiger partial charge in [-0.05, 0) is 31.5 Å². The highest BCUT2D eigenvalue weighted by Gasteiger charge is 2.32. The Labute approximate surface area is 136 Å². The van der Waals surface area contributed by atoms with Crippen LogP contribution in [0.2, 0.25) is 0 Å². The standard InChI is InChI=1S/C14H17BrN2OS2/c1-10(11-3-5-12(15)6-4-11)16-17-13(18)9-14(2)19-7-8-20-14/h3-6H,7-9H2,1-2H3,(H,17,18)/b16-10+. The van der Waals surface area contributed by atoms with Gasteiger partial charge in [-0.25, -0.2) is 5.43 Å². The summed E-state index contributed by atoms with van der Waals surface area (Å²) in [5.41, 5.74) is 4.47. The van der Waals surface area contributed by atoms with Gasteiger partial charge in [0.1, 0.15) is 0 Å². The third-order valence-corrected chi connectivity index (χ3v) is 6.81. The van der Waals surface area contributed by atoms with Crippen LogP contribution < -0.4 is 5.43 Å². The van der Waals surface area contributed by atoms with E-state index in [4.69, 9.17) is 0 Å². The molecule has 3 nitrogen and oxygen atoms in total. The van der Waals surface area contributed by atoms with Gasteiger partial charge >= 0.3 is 0 Å². The summed E-state index contributed by atoms with van der Waals surface area (Å²) in [6.07, 6.45) is 0.499. The van der Waals surface area contributed by atoms with E-state index in [-0.39, 0.29) is 9.99 Å². The third-order valence-electron chi connectivity index (χ3n) is 2.99. The molecule has 20 heavy (non-hydrogen) atoms. The van der Waals surface area contributed by atoms with Crippen LogP contribution in [0.15, 0.2) is 33.8 Å². The first-order valence-electron chi connectivity index (χ1n) is 6.35. The monoisotopic (exact) mass is 372 g/mol. The van der Waals surface area contributed by atoms with Crippen LogP contribution in [0.1, 0.15) is 25.8 Å². The Balaban J connectivity index is 1.91. The van der Waals surface area contributed by atoms with Crippen LogP contribution in [-0.2, 0) is 4.79 Å². The van der Waals surface area contributed by atoms with Crippen LogP contribution in [-0.4, -0.2) is 27.2 Å². The smallest absolute Gasteiger partial charge is 0.242 e. The summed E-state index contributed by atoms with van der Waals surface area (Å²) in [6.45, 7) is 4.02. The molecule has 0 unspecified atom stereocenters. The molecule has 1 fully saturated rings. The highest BCUT2D eigenvalue weighted by atomic mass is 79.9. The molecule has 0 saturated carbocycles. The Morgan fingerprint density at radius 3 is 2.55 bits per heavy atom. The molecule has 1 saturated heterocycles. The van der Waals surface area contributed by atoms with E-state index in [0.29, 0.717) is 6.42 Å². The number of hydrogen-bond donors (Lipinski definition) is 1. The largest absolute Gasteiger partial charge is 0.273 e. The lowest BCUT2D eigenvalue weighted by molar-refractivity contribution is -0.121. The molecule has 0 radical (unpaired) electrons. The number of hydrazone groups is 1. The van der Waals surface area contributed by atoms with E-state index in [1.165, 1.54) is 0 Å². The summed E-state index contributed by atoms with van der Waals surface area (Å²) < 4.78 is 1.03. The van der Waals surface area contributed by atoms with Gasteiger partial charge in [-0.15, -0.1) is 23.5 Å². The maximum Gasteiger partial charge on any atom is 0.242 e. The Hall–Kier alpha value is -0.460. The Morgan fingerprint density at radius 1 is 1.35 bits per heavy atom. The minimum absolute atomic E-state index is 0.00508. The van der Waals surface area contributed by atoms with Crippen molar-refractivity contribution in [1.82, 2.24) is 5.43 Å². The lowest BCUT2D eigenvalue weighted by Crippen LogP contribution is -2.26. The number of hydrogen-bond acceptors (Lipinski definition) is 4. The Kier molecular flexibility index (Phi) is 5.57. The molecular formula is C14H17BrN2OS2. The first kappa shape index (κ1) is 15.9. The lowest BCUT2D eigenvalue weighted by atomic mass is 10.1. The summed E-state index contributed by atoms with van der Waals surface area (Å²) in [5, 5.41) is 4.18. The van der Waals surface area contributed by atoms with Crippen molar-refractivity contribution >= 4 is 51.1 Å². The number of thioether (sulfide) groups is 2. The molecule has 6 heteroatoms. The number of benzene rings is 1. The number of carbonyl (C=O) groups is 1. The minimum atomic E-state index is -0.0224. The Bertz CT molecular complexity index is 510. The molecule has 1 N–H and O–H groups in total. The lowest BCUT2D eigenvalue weighted by Gasteiger charge is -2.19. The highest BCUT2D eigenvalue weighted by Crippen LogP contribution is 2.45. The second kappa shape index (κ2) is 7.00. The molecule has 2 rings (SSSR count). The van der Waals surface area contributed by atoms with Crippen LogP contribution in [0, 0.1) is 0 Å². The predicted molar refractivity (Wildman–Crippen MR) is 92.4 cm³/mol. The molecule has 1 heterocycles. The molecule has 1 aromatic carbocycles. The zero-order valence-electron chi connectivity index (χ0n) is 11.5. The zero-order valence-corrected chi connectivity index (χ0v) is 14.7. The van der Waals surface area contributed by atoms with Gasteiger partial charge in [-0.2, -0.15) is 5.10 Å². The van der Waals surface area contributed by atoms with Crippen molar-refractivity contribution in [2.45, 2.75) is 24.3 Å². The van der Waals surface area contributed by atoms with Gasteiger partial charge in [0.15, 0.2) is 0 Å². The summed E-state index contributed by atoms with van der Waals surface area (Å²) >= 11 is 7.10. The summed E-state index contributed by atoms with van der Waals surface area (Å²) in [5.74, 6) is 2.22. The fourth-order valence-electron chi connectivity index (χ4n) is 1.89. The molecule has 0 aliphatic carbocycles. The van der Waals surface area contributed by atoms with Crippen molar-refractivity contribution in [3.63, 3.8) is 0 Å². The molecule has 0 atom stereocenters. The van der Waals surface area contributed by atoms with Gasteiger partial charge in [-0.1, -0.05) is 28.1 Å². The topological polar surface area (TPSA) is 41.5 Å². The summed E-state index contributed by atoms with van der Waals surface area (Å²) in [4.78, 5) is 11.9. The van der Waals surface area contributed by atoms with Crippen LogP contribution >= 0.6 is 39.5 Å². The molecule has 1 amide bonds. The van der Waals surface area contributed by atoms with Crippen molar-refractivity contribution in [1.29, 1.82) is 0 Å². The zero-order chi connectivity index (χ0) is 14.6. The van der Waals surface area contributed by atoms with Crippen molar-refractivity contribution in [2.24, 2.45) is 5.10 Å². The first-order valence-corrected chi connectivity index (χ1v) is 9.12. The van der Waals surface area contributed by atoms with Gasteiger partial charge in [0.2, 0.25) is 5.91 Å². The van der Waals surface area contributed by atoms with Gasteiger partial charge in [-0.3, -0.25) is 4.79 Å². The number of halogens is 1. The van der Waals surface area contributed by atoms with Crippen molar-refractivity contribution in [2.75, 3.05) is 11.5 Å². The molecule has 1 aromatic rings. The van der Waals surface area contributed by atoms with Gasteiger partial charge < -0.3 is 0 Å². The SMILES string of the molecule is C/C(=N\NC(=O)CC1(C)SCCS1)c1ccc(Br)cc1. The van der Waals surface area contributed by atoms with Crippen LogP contribution in [0.25, 0.3) is 0 Å². The maximum atomic E-state index is 11.9. The Morgan fingerprint density at radius 2 is 1.95 bits per heavy atom. The molecule has 1 aliphatic heterocycles. The van der Waals surface area contributed by atoms with Crippen molar-refractivity contribution in [3.8, 4) is 0 Å². The molecule has 1 aliphatic rings. The second-order valence-corrected chi connectivity index (χ2v) is 9.12. The molecular weight excluding hydrogens is 356 g/mol. The number of nitrogens with one attached hydrogen (secondary N) is 1. The van der Waals surface area contributed by atoms with E-state index in [1.807, 2.05) is 54.7 Å². The van der Waals surface area contributed by atoms with Crippen LogP contribution in [0.4, 0.5) is 0 Å². The number of rotatable bonds is 4. The van der Waals surface area contributed by atoms with Gasteiger partial charge in [0.25, 0.3) is 0 Å². The summed E-state index contributed by atoms with van der Waals surface area (Å²) in [6, 6.07) is 7.87. The van der Waals surface area contributed by atoms with E-state index in [0.717, 1.165) is 27.3 Å². The summed E-state index contributed by atoms with van der Waals surface area (Å²) in [7, 11) is 0. The molecule has 0 aromatic heterocycles. The molecule has 108 valence electrons. The van der Waals surface area contributed by atoms with Crippen LogP contribution in [0.5, 0.6) is 0 Å².